The van der Waals surface area contributed by atoms with Crippen molar-refractivity contribution in [3.05, 3.63) is 12.2 Å². The van der Waals surface area contributed by atoms with Crippen LogP contribution >= 0.6 is 0 Å². The van der Waals surface area contributed by atoms with Crippen LogP contribution in [0, 0.1) is 0 Å². The van der Waals surface area contributed by atoms with Crippen molar-refractivity contribution in [2.45, 2.75) is 393 Å². The molecule has 0 aromatic heterocycles. The van der Waals surface area contributed by atoms with E-state index in [1.807, 2.05) is 0 Å². The predicted molar refractivity (Wildman–Crippen MR) is 321 cm³/mol. The minimum absolute atomic E-state index is 0.0634. The van der Waals surface area contributed by atoms with Gasteiger partial charge in [-0.3, -0.25) is 14.4 Å². The smallest absolute Gasteiger partial charge is 0.306 e. The summed E-state index contributed by atoms with van der Waals surface area (Å²) in [7, 11) is 0. The zero-order valence-electron chi connectivity index (χ0n) is 50.4. The quantitative estimate of drug-likeness (QED) is 0.0261. The number of unbranched alkanes of at least 4 members (excludes halogenated alkanes) is 50. The van der Waals surface area contributed by atoms with Gasteiger partial charge in [-0.05, 0) is 44.9 Å². The molecule has 0 heterocycles. The van der Waals surface area contributed by atoms with E-state index in [2.05, 4.69) is 32.9 Å². The Balaban J connectivity index is 4.30. The number of ether oxygens (including phenoxy) is 3. The van der Waals surface area contributed by atoms with Gasteiger partial charge in [-0.1, -0.05) is 335 Å². The van der Waals surface area contributed by atoms with Gasteiger partial charge in [0.2, 0.25) is 0 Å². The van der Waals surface area contributed by atoms with Gasteiger partial charge in [0.25, 0.3) is 0 Å². The van der Waals surface area contributed by atoms with Crippen LogP contribution in [0.5, 0.6) is 0 Å². The van der Waals surface area contributed by atoms with Gasteiger partial charge in [0.15, 0.2) is 6.10 Å². The largest absolute Gasteiger partial charge is 0.462 e. The molecule has 0 aliphatic rings. The molecule has 0 aromatic rings. The van der Waals surface area contributed by atoms with Gasteiger partial charge < -0.3 is 14.2 Å². The van der Waals surface area contributed by atoms with Gasteiger partial charge in [-0.2, -0.15) is 0 Å². The van der Waals surface area contributed by atoms with Crippen LogP contribution in [-0.2, 0) is 28.6 Å². The molecule has 0 aliphatic heterocycles. The highest BCUT2D eigenvalue weighted by atomic mass is 16.6. The predicted octanol–water partition coefficient (Wildman–Crippen LogP) is 22.8. The molecular formula is C68H130O6. The molecule has 438 valence electrons. The number of carbonyl (C=O) groups is 3. The van der Waals surface area contributed by atoms with E-state index in [4.69, 9.17) is 14.2 Å². The molecule has 0 bridgehead atoms. The SMILES string of the molecule is CCCCCCCC/C=C\CCCCCCCCCCCC(=O)OCC(COC(=O)CCCCCCCCCCCCCCCCCCCC)OC(=O)CCCCCCCCCCCCCCCCCCCCC. The third-order valence-corrected chi connectivity index (χ3v) is 15.5. The Labute approximate surface area is 462 Å². The molecule has 1 unspecified atom stereocenters. The standard InChI is InChI=1S/C68H130O6/c1-4-7-10-13-16-19-22-25-28-31-34-37-40-43-46-49-52-55-58-61-67(70)73-64-65(63-72-66(69)60-57-54-51-48-45-42-39-36-33-30-27-24-21-18-15-12-9-6-3)74-68(71)62-59-56-53-50-47-44-41-38-35-32-29-26-23-20-17-14-11-8-5-2/h25,28,65H,4-24,26-27,29-64H2,1-3H3/b28-25-. The highest BCUT2D eigenvalue weighted by Gasteiger charge is 2.19. The fraction of sp³-hybridized carbons (Fsp3) is 0.926. The van der Waals surface area contributed by atoms with E-state index in [0.717, 1.165) is 57.8 Å². The summed E-state index contributed by atoms with van der Waals surface area (Å²) in [5.41, 5.74) is 0. The molecule has 74 heavy (non-hydrogen) atoms. The first-order chi connectivity index (χ1) is 36.5. The second-order valence-electron chi connectivity index (χ2n) is 23.1. The fourth-order valence-corrected chi connectivity index (χ4v) is 10.4. The number of allylic oxidation sites excluding steroid dienone is 2. The van der Waals surface area contributed by atoms with Gasteiger partial charge in [0.05, 0.1) is 0 Å². The first-order valence-corrected chi connectivity index (χ1v) is 33.7. The van der Waals surface area contributed by atoms with Crippen LogP contribution < -0.4 is 0 Å². The van der Waals surface area contributed by atoms with E-state index in [9.17, 15) is 14.4 Å². The fourth-order valence-electron chi connectivity index (χ4n) is 10.4. The van der Waals surface area contributed by atoms with Crippen LogP contribution in [0.15, 0.2) is 12.2 Å². The van der Waals surface area contributed by atoms with Crippen molar-refractivity contribution in [1.82, 2.24) is 0 Å². The number of carbonyl (C=O) groups excluding carboxylic acids is 3. The van der Waals surface area contributed by atoms with Crippen molar-refractivity contribution in [1.29, 1.82) is 0 Å². The molecule has 0 aromatic carbocycles. The highest BCUT2D eigenvalue weighted by Crippen LogP contribution is 2.19. The van der Waals surface area contributed by atoms with Crippen LogP contribution in [0.3, 0.4) is 0 Å². The van der Waals surface area contributed by atoms with Crippen LogP contribution in [0.1, 0.15) is 387 Å². The summed E-state index contributed by atoms with van der Waals surface area (Å²) in [4.78, 5) is 38.4. The Kier molecular flexibility index (Phi) is 62.1. The number of hydrogen-bond acceptors (Lipinski definition) is 6. The molecule has 0 radical (unpaired) electrons. The first-order valence-electron chi connectivity index (χ1n) is 33.7. The Bertz CT molecular complexity index is 1150. The lowest BCUT2D eigenvalue weighted by Crippen LogP contribution is -2.30. The molecule has 0 aliphatic carbocycles. The molecule has 6 nitrogen and oxygen atoms in total. The van der Waals surface area contributed by atoms with Crippen LogP contribution in [-0.4, -0.2) is 37.2 Å². The average Bonchev–Trinajstić information content (AvgIpc) is 3.40. The van der Waals surface area contributed by atoms with E-state index in [0.29, 0.717) is 19.3 Å². The molecule has 0 amide bonds. The second-order valence-corrected chi connectivity index (χ2v) is 23.1. The van der Waals surface area contributed by atoms with Gasteiger partial charge >= 0.3 is 17.9 Å². The Hall–Kier alpha value is -1.85. The lowest BCUT2D eigenvalue weighted by atomic mass is 10.0. The number of esters is 3. The van der Waals surface area contributed by atoms with Crippen molar-refractivity contribution >= 4 is 17.9 Å². The molecule has 0 saturated heterocycles. The molecule has 0 rings (SSSR count). The maximum absolute atomic E-state index is 12.9. The molecule has 0 N–H and O–H groups in total. The van der Waals surface area contributed by atoms with Gasteiger partial charge in [-0.15, -0.1) is 0 Å². The topological polar surface area (TPSA) is 78.9 Å². The third kappa shape index (κ3) is 61.0. The molecule has 0 spiro atoms. The summed E-state index contributed by atoms with van der Waals surface area (Å²) in [5, 5.41) is 0. The Morgan fingerprint density at radius 1 is 0.257 bits per heavy atom. The van der Waals surface area contributed by atoms with E-state index in [1.165, 1.54) is 289 Å². The summed E-state index contributed by atoms with van der Waals surface area (Å²) in [6, 6.07) is 0. The molecule has 0 fully saturated rings. The average molecular weight is 1040 g/mol. The van der Waals surface area contributed by atoms with Gasteiger partial charge in [0, 0.05) is 19.3 Å². The second kappa shape index (κ2) is 63.7. The molecule has 0 saturated carbocycles. The molecule has 6 heteroatoms. The van der Waals surface area contributed by atoms with Gasteiger partial charge in [0.1, 0.15) is 13.2 Å². The highest BCUT2D eigenvalue weighted by molar-refractivity contribution is 5.71. The van der Waals surface area contributed by atoms with Gasteiger partial charge in [-0.25, -0.2) is 0 Å². The van der Waals surface area contributed by atoms with E-state index in [1.54, 1.807) is 0 Å². The van der Waals surface area contributed by atoms with E-state index < -0.39 is 6.10 Å². The van der Waals surface area contributed by atoms with Crippen molar-refractivity contribution in [3.8, 4) is 0 Å². The van der Waals surface area contributed by atoms with Crippen molar-refractivity contribution < 1.29 is 28.6 Å². The number of hydrogen-bond donors (Lipinski definition) is 0. The Morgan fingerprint density at radius 3 is 0.676 bits per heavy atom. The summed E-state index contributed by atoms with van der Waals surface area (Å²) >= 11 is 0. The van der Waals surface area contributed by atoms with Crippen molar-refractivity contribution in [2.75, 3.05) is 13.2 Å². The molecular weight excluding hydrogens is 913 g/mol. The molecule has 1 atom stereocenters. The minimum Gasteiger partial charge on any atom is -0.462 e. The maximum Gasteiger partial charge on any atom is 0.306 e. The maximum atomic E-state index is 12.9. The minimum atomic E-state index is -0.767. The summed E-state index contributed by atoms with van der Waals surface area (Å²) in [6.45, 7) is 6.73. The van der Waals surface area contributed by atoms with E-state index in [-0.39, 0.29) is 31.1 Å². The lowest BCUT2D eigenvalue weighted by Gasteiger charge is -2.18. The zero-order chi connectivity index (χ0) is 53.6. The summed E-state index contributed by atoms with van der Waals surface area (Å²) < 4.78 is 17.0. The monoisotopic (exact) mass is 1040 g/mol. The Morgan fingerprint density at radius 2 is 0.446 bits per heavy atom. The third-order valence-electron chi connectivity index (χ3n) is 15.5. The zero-order valence-corrected chi connectivity index (χ0v) is 50.4. The van der Waals surface area contributed by atoms with Crippen molar-refractivity contribution in [3.63, 3.8) is 0 Å². The lowest BCUT2D eigenvalue weighted by molar-refractivity contribution is -0.167. The summed E-state index contributed by atoms with van der Waals surface area (Å²) in [5.74, 6) is -0.830. The normalized spacial score (nSPS) is 12.0. The number of rotatable bonds is 63. The van der Waals surface area contributed by atoms with Crippen LogP contribution in [0.2, 0.25) is 0 Å². The van der Waals surface area contributed by atoms with Crippen LogP contribution in [0.4, 0.5) is 0 Å². The summed E-state index contributed by atoms with van der Waals surface area (Å²) in [6.07, 6.45) is 75.1. The van der Waals surface area contributed by atoms with Crippen molar-refractivity contribution in [2.24, 2.45) is 0 Å². The van der Waals surface area contributed by atoms with Crippen LogP contribution in [0.25, 0.3) is 0 Å². The van der Waals surface area contributed by atoms with E-state index >= 15 is 0 Å². The first kappa shape index (κ1) is 72.2.